The normalized spacial score (nSPS) is 28.5. The molecule has 1 spiro atoms. The second-order valence-electron chi connectivity index (χ2n) is 3.79. The van der Waals surface area contributed by atoms with Crippen molar-refractivity contribution in [3.63, 3.8) is 0 Å². The van der Waals surface area contributed by atoms with Crippen LogP contribution in [-0.2, 0) is 0 Å². The number of hydrogen-bond acceptors (Lipinski definition) is 2. The molecule has 10 heavy (non-hydrogen) atoms. The number of aliphatic hydroxyl groups excluding tert-OH is 1. The van der Waals surface area contributed by atoms with Gasteiger partial charge in [0.15, 0.2) is 0 Å². The van der Waals surface area contributed by atoms with Crippen molar-refractivity contribution in [3.05, 3.63) is 0 Å². The van der Waals surface area contributed by atoms with Crippen LogP contribution >= 0.6 is 0 Å². The van der Waals surface area contributed by atoms with E-state index < -0.39 is 0 Å². The second-order valence-corrected chi connectivity index (χ2v) is 3.79. The summed E-state index contributed by atoms with van der Waals surface area (Å²) in [6.45, 7) is 4.09. The van der Waals surface area contributed by atoms with Gasteiger partial charge in [-0.2, -0.15) is 0 Å². The van der Waals surface area contributed by atoms with Gasteiger partial charge in [0.25, 0.3) is 0 Å². The number of likely N-dealkylation sites (tertiary alicyclic amines) is 1. The molecule has 58 valence electrons. The largest absolute Gasteiger partial charge is 0.396 e. The van der Waals surface area contributed by atoms with Gasteiger partial charge in [-0.25, -0.2) is 0 Å². The van der Waals surface area contributed by atoms with E-state index in [0.29, 0.717) is 6.61 Å². The minimum atomic E-state index is 0.351. The fraction of sp³-hybridized carbons (Fsp3) is 1.00. The third-order valence-electron chi connectivity index (χ3n) is 2.71. The molecule has 1 saturated heterocycles. The highest BCUT2D eigenvalue weighted by Gasteiger charge is 2.51. The summed E-state index contributed by atoms with van der Waals surface area (Å²) in [4.78, 5) is 2.45. The molecule has 0 unspecified atom stereocenters. The molecule has 2 nitrogen and oxygen atoms in total. The second kappa shape index (κ2) is 2.21. The molecule has 2 rings (SSSR count). The molecule has 2 aliphatic rings. The monoisotopic (exact) mass is 141 g/mol. The third-order valence-corrected chi connectivity index (χ3v) is 2.71. The number of nitrogens with zero attached hydrogens (tertiary/aromatic N) is 1. The highest BCUT2D eigenvalue weighted by Crippen LogP contribution is 2.52. The average molecular weight is 141 g/mol. The molecule has 0 bridgehead atoms. The first kappa shape index (κ1) is 6.62. The van der Waals surface area contributed by atoms with Crippen molar-refractivity contribution in [1.29, 1.82) is 0 Å². The van der Waals surface area contributed by atoms with Gasteiger partial charge >= 0.3 is 0 Å². The highest BCUT2D eigenvalue weighted by atomic mass is 16.3. The highest BCUT2D eigenvalue weighted by molar-refractivity contribution is 5.04. The van der Waals surface area contributed by atoms with Crippen LogP contribution < -0.4 is 0 Å². The van der Waals surface area contributed by atoms with Crippen molar-refractivity contribution in [2.45, 2.75) is 19.3 Å². The lowest BCUT2D eigenvalue weighted by molar-refractivity contribution is 0.0744. The molecule has 0 radical (unpaired) electrons. The minimum absolute atomic E-state index is 0.351. The van der Waals surface area contributed by atoms with Crippen LogP contribution in [0.25, 0.3) is 0 Å². The summed E-state index contributed by atoms with van der Waals surface area (Å²) < 4.78 is 0. The van der Waals surface area contributed by atoms with Crippen molar-refractivity contribution < 1.29 is 5.11 Å². The first-order valence-corrected chi connectivity index (χ1v) is 4.18. The number of rotatable bonds is 3. The fourth-order valence-electron chi connectivity index (χ4n) is 1.85. The van der Waals surface area contributed by atoms with Gasteiger partial charge in [0.05, 0.1) is 0 Å². The van der Waals surface area contributed by atoms with Crippen molar-refractivity contribution in [1.82, 2.24) is 4.90 Å². The molecule has 2 heteroatoms. The van der Waals surface area contributed by atoms with Crippen LogP contribution in [0, 0.1) is 5.41 Å². The Morgan fingerprint density at radius 1 is 1.30 bits per heavy atom. The van der Waals surface area contributed by atoms with E-state index in [1.54, 1.807) is 0 Å². The van der Waals surface area contributed by atoms with E-state index in [0.717, 1.165) is 18.4 Å². The van der Waals surface area contributed by atoms with E-state index in [2.05, 4.69) is 4.90 Å². The van der Waals surface area contributed by atoms with E-state index in [9.17, 15) is 0 Å². The molecule has 0 aromatic carbocycles. The van der Waals surface area contributed by atoms with Gasteiger partial charge in [0.1, 0.15) is 0 Å². The van der Waals surface area contributed by atoms with Crippen molar-refractivity contribution in [2.24, 2.45) is 5.41 Å². The lowest BCUT2D eigenvalue weighted by atomic mass is 9.97. The Hall–Kier alpha value is -0.0800. The zero-order valence-electron chi connectivity index (χ0n) is 6.34. The Morgan fingerprint density at radius 3 is 2.50 bits per heavy atom. The molecule has 2 fully saturated rings. The molecule has 1 aliphatic carbocycles. The van der Waals surface area contributed by atoms with Crippen LogP contribution in [0.15, 0.2) is 0 Å². The molecule has 1 N–H and O–H groups in total. The quantitative estimate of drug-likeness (QED) is 0.617. The third kappa shape index (κ3) is 1.06. The van der Waals surface area contributed by atoms with Crippen LogP contribution in [0.2, 0.25) is 0 Å². The van der Waals surface area contributed by atoms with E-state index in [-0.39, 0.29) is 0 Å². The first-order valence-electron chi connectivity index (χ1n) is 4.18. The molecule has 1 heterocycles. The maximum Gasteiger partial charge on any atom is 0.0443 e. The van der Waals surface area contributed by atoms with Gasteiger partial charge in [-0.3, -0.25) is 0 Å². The zero-order chi connectivity index (χ0) is 7.03. The summed E-state index contributed by atoms with van der Waals surface area (Å²) in [5.74, 6) is 0. The summed E-state index contributed by atoms with van der Waals surface area (Å²) in [5.41, 5.74) is 0.787. The topological polar surface area (TPSA) is 23.5 Å². The lowest BCUT2D eigenvalue weighted by Crippen LogP contribution is -2.48. The molecule has 0 atom stereocenters. The molecular formula is C8H15NO. The summed E-state index contributed by atoms with van der Waals surface area (Å²) in [5, 5.41) is 8.55. The van der Waals surface area contributed by atoms with Gasteiger partial charge < -0.3 is 10.0 Å². The van der Waals surface area contributed by atoms with Crippen molar-refractivity contribution in [3.8, 4) is 0 Å². The maximum atomic E-state index is 8.55. The Morgan fingerprint density at radius 2 is 2.00 bits per heavy atom. The predicted octanol–water partition coefficient (Wildman–Crippen LogP) is 0.465. The zero-order valence-corrected chi connectivity index (χ0v) is 6.34. The SMILES string of the molecule is OCCCN1CC2(CC2)C1. The van der Waals surface area contributed by atoms with Crippen LogP contribution in [0.5, 0.6) is 0 Å². The van der Waals surface area contributed by atoms with Crippen LogP contribution in [0.1, 0.15) is 19.3 Å². The molecule has 1 saturated carbocycles. The molecule has 0 amide bonds. The Labute approximate surface area is 61.8 Å². The van der Waals surface area contributed by atoms with Crippen LogP contribution in [0.4, 0.5) is 0 Å². The number of hydrogen-bond donors (Lipinski definition) is 1. The minimum Gasteiger partial charge on any atom is -0.396 e. The standard InChI is InChI=1S/C8H15NO/c10-5-1-4-9-6-8(7-9)2-3-8/h10H,1-7H2. The Bertz CT molecular complexity index is 123. The molecule has 1 aliphatic heterocycles. The molecular weight excluding hydrogens is 126 g/mol. The van der Waals surface area contributed by atoms with E-state index >= 15 is 0 Å². The van der Waals surface area contributed by atoms with Crippen molar-refractivity contribution >= 4 is 0 Å². The first-order chi connectivity index (χ1) is 4.85. The van der Waals surface area contributed by atoms with Crippen LogP contribution in [-0.4, -0.2) is 36.2 Å². The fourth-order valence-corrected chi connectivity index (χ4v) is 1.85. The summed E-state index contributed by atoms with van der Waals surface area (Å²) >= 11 is 0. The Kier molecular flexibility index (Phi) is 1.46. The van der Waals surface area contributed by atoms with Gasteiger partial charge in [-0.05, 0) is 24.7 Å². The van der Waals surface area contributed by atoms with E-state index in [4.69, 9.17) is 5.11 Å². The van der Waals surface area contributed by atoms with Gasteiger partial charge in [0.2, 0.25) is 0 Å². The number of aliphatic hydroxyl groups is 1. The van der Waals surface area contributed by atoms with Gasteiger partial charge in [-0.15, -0.1) is 0 Å². The summed E-state index contributed by atoms with van der Waals surface area (Å²) in [6, 6.07) is 0. The molecule has 0 aromatic heterocycles. The Balaban J connectivity index is 1.61. The van der Waals surface area contributed by atoms with E-state index in [1.165, 1.54) is 25.9 Å². The van der Waals surface area contributed by atoms with Crippen molar-refractivity contribution in [2.75, 3.05) is 26.2 Å². The average Bonchev–Trinajstić information content (AvgIpc) is 2.59. The predicted molar refractivity (Wildman–Crippen MR) is 39.8 cm³/mol. The van der Waals surface area contributed by atoms with E-state index in [1.807, 2.05) is 0 Å². The van der Waals surface area contributed by atoms with Gasteiger partial charge in [-0.1, -0.05) is 0 Å². The molecule has 0 aromatic rings. The van der Waals surface area contributed by atoms with Gasteiger partial charge in [0, 0.05) is 26.2 Å². The van der Waals surface area contributed by atoms with Crippen LogP contribution in [0.3, 0.4) is 0 Å². The lowest BCUT2D eigenvalue weighted by Gasteiger charge is -2.39. The summed E-state index contributed by atoms with van der Waals surface area (Å²) in [6.07, 6.45) is 3.88. The smallest absolute Gasteiger partial charge is 0.0443 e. The maximum absolute atomic E-state index is 8.55. The summed E-state index contributed by atoms with van der Waals surface area (Å²) in [7, 11) is 0.